The number of carbonyl (C=O) groups is 3. The third-order valence-electron chi connectivity index (χ3n) is 6.32. The van der Waals surface area contributed by atoms with Crippen molar-refractivity contribution in [1.29, 1.82) is 0 Å². The monoisotopic (exact) mass is 414 g/mol. The van der Waals surface area contributed by atoms with Crippen LogP contribution in [0.4, 0.5) is 4.79 Å². The zero-order chi connectivity index (χ0) is 21.3. The number of piperidine rings is 1. The summed E-state index contributed by atoms with van der Waals surface area (Å²) in [6.07, 6.45) is 5.87. The van der Waals surface area contributed by atoms with E-state index in [4.69, 9.17) is 0 Å². The van der Waals surface area contributed by atoms with Gasteiger partial charge in [0.1, 0.15) is 0 Å². The second-order valence-electron chi connectivity index (χ2n) is 8.64. The fourth-order valence-electron chi connectivity index (χ4n) is 4.39. The summed E-state index contributed by atoms with van der Waals surface area (Å²) in [6.45, 7) is 4.23. The van der Waals surface area contributed by atoms with E-state index in [1.807, 2.05) is 35.2 Å². The number of carbonyl (C=O) groups excluding carboxylic acids is 3. The topological polar surface area (TPSA) is 90.5 Å². The Hall–Kier alpha value is -2.41. The van der Waals surface area contributed by atoms with Crippen LogP contribution in [-0.4, -0.2) is 48.4 Å². The first-order chi connectivity index (χ1) is 14.5. The number of imide groups is 1. The summed E-state index contributed by atoms with van der Waals surface area (Å²) in [5, 5.41) is 8.40. The molecule has 0 bridgehead atoms. The Morgan fingerprint density at radius 3 is 2.40 bits per heavy atom. The van der Waals surface area contributed by atoms with Gasteiger partial charge in [-0.15, -0.1) is 0 Å². The zero-order valence-corrected chi connectivity index (χ0v) is 17.9. The lowest BCUT2D eigenvalue weighted by atomic mass is 9.86. The molecule has 7 nitrogen and oxygen atoms in total. The molecule has 2 atom stereocenters. The Morgan fingerprint density at radius 2 is 1.70 bits per heavy atom. The molecule has 7 heteroatoms. The maximum absolute atomic E-state index is 12.4. The first-order valence-corrected chi connectivity index (χ1v) is 11.2. The predicted octanol–water partition coefficient (Wildman–Crippen LogP) is 2.42. The molecule has 1 saturated carbocycles. The highest BCUT2D eigenvalue weighted by Gasteiger charge is 2.27. The number of hydrogen-bond acceptors (Lipinski definition) is 4. The number of benzene rings is 1. The van der Waals surface area contributed by atoms with E-state index in [1.54, 1.807) is 0 Å². The van der Waals surface area contributed by atoms with Crippen molar-refractivity contribution in [2.24, 2.45) is 11.8 Å². The largest absolute Gasteiger partial charge is 0.352 e. The standard InChI is InChI=1S/C23H34N4O3/c1-17-7-5-6-10-20(17)25-23(30)26-21(28)16-27-13-11-19(12-14-27)22(29)24-15-18-8-3-2-4-9-18/h2-4,8-9,17,19-20H,5-7,10-16H2,1H3,(H,24,29)(H2,25,26,28,30)/t17-,20+/m0/s1. The predicted molar refractivity (Wildman–Crippen MR) is 116 cm³/mol. The third-order valence-corrected chi connectivity index (χ3v) is 6.32. The highest BCUT2D eigenvalue weighted by Crippen LogP contribution is 2.23. The molecule has 1 aromatic carbocycles. The minimum absolute atomic E-state index is 0.0240. The quantitative estimate of drug-likeness (QED) is 0.667. The summed E-state index contributed by atoms with van der Waals surface area (Å²) >= 11 is 0. The van der Waals surface area contributed by atoms with Gasteiger partial charge in [-0.05, 0) is 50.3 Å². The molecule has 1 saturated heterocycles. The lowest BCUT2D eigenvalue weighted by molar-refractivity contribution is -0.126. The van der Waals surface area contributed by atoms with Crippen molar-refractivity contribution >= 4 is 17.8 Å². The number of nitrogens with one attached hydrogen (secondary N) is 3. The number of likely N-dealkylation sites (tertiary alicyclic amines) is 1. The number of urea groups is 1. The number of nitrogens with zero attached hydrogens (tertiary/aromatic N) is 1. The van der Waals surface area contributed by atoms with E-state index in [0.717, 1.165) is 37.7 Å². The van der Waals surface area contributed by atoms with Crippen molar-refractivity contribution in [2.45, 2.75) is 58.0 Å². The van der Waals surface area contributed by atoms with Crippen LogP contribution in [0.25, 0.3) is 0 Å². The molecule has 2 fully saturated rings. The molecule has 30 heavy (non-hydrogen) atoms. The van der Waals surface area contributed by atoms with Gasteiger partial charge in [0.25, 0.3) is 0 Å². The van der Waals surface area contributed by atoms with Gasteiger partial charge in [-0.1, -0.05) is 50.1 Å². The molecule has 1 aromatic rings. The Labute approximate surface area is 179 Å². The van der Waals surface area contributed by atoms with Gasteiger partial charge in [-0.3, -0.25) is 19.8 Å². The Balaban J connectivity index is 1.33. The number of rotatable bonds is 6. The summed E-state index contributed by atoms with van der Waals surface area (Å²) in [4.78, 5) is 38.8. The smallest absolute Gasteiger partial charge is 0.321 e. The van der Waals surface area contributed by atoms with E-state index in [2.05, 4.69) is 22.9 Å². The van der Waals surface area contributed by atoms with Crippen LogP contribution in [0.5, 0.6) is 0 Å². The molecule has 1 aliphatic heterocycles. The van der Waals surface area contributed by atoms with Gasteiger partial charge >= 0.3 is 6.03 Å². The van der Waals surface area contributed by atoms with E-state index < -0.39 is 6.03 Å². The van der Waals surface area contributed by atoms with Crippen molar-refractivity contribution in [3.63, 3.8) is 0 Å². The summed E-state index contributed by atoms with van der Waals surface area (Å²) in [7, 11) is 0. The van der Waals surface area contributed by atoms with Crippen LogP contribution in [0.1, 0.15) is 51.0 Å². The van der Waals surface area contributed by atoms with Crippen LogP contribution in [0.15, 0.2) is 30.3 Å². The second kappa shape index (κ2) is 11.1. The van der Waals surface area contributed by atoms with Crippen LogP contribution in [0.3, 0.4) is 0 Å². The molecule has 3 N–H and O–H groups in total. The lowest BCUT2D eigenvalue weighted by Gasteiger charge is -2.31. The summed E-state index contributed by atoms with van der Waals surface area (Å²) < 4.78 is 0. The fourth-order valence-corrected chi connectivity index (χ4v) is 4.39. The van der Waals surface area contributed by atoms with Crippen LogP contribution in [-0.2, 0) is 16.1 Å². The van der Waals surface area contributed by atoms with Crippen molar-refractivity contribution in [3.8, 4) is 0 Å². The molecule has 0 aromatic heterocycles. The van der Waals surface area contributed by atoms with Crippen LogP contribution in [0.2, 0.25) is 0 Å². The van der Waals surface area contributed by atoms with Crippen molar-refractivity contribution in [2.75, 3.05) is 19.6 Å². The molecule has 0 unspecified atom stereocenters. The minimum atomic E-state index is -0.395. The van der Waals surface area contributed by atoms with Gasteiger partial charge < -0.3 is 10.6 Å². The molecular weight excluding hydrogens is 380 g/mol. The van der Waals surface area contributed by atoms with Crippen LogP contribution < -0.4 is 16.0 Å². The van der Waals surface area contributed by atoms with Crippen LogP contribution >= 0.6 is 0 Å². The maximum Gasteiger partial charge on any atom is 0.321 e. The number of hydrogen-bond donors (Lipinski definition) is 3. The van der Waals surface area contributed by atoms with Crippen molar-refractivity contribution < 1.29 is 14.4 Å². The van der Waals surface area contributed by atoms with Gasteiger partial charge in [0, 0.05) is 18.5 Å². The Kier molecular flexibility index (Phi) is 8.25. The van der Waals surface area contributed by atoms with E-state index >= 15 is 0 Å². The minimum Gasteiger partial charge on any atom is -0.352 e. The van der Waals surface area contributed by atoms with Crippen molar-refractivity contribution in [3.05, 3.63) is 35.9 Å². The zero-order valence-electron chi connectivity index (χ0n) is 17.9. The van der Waals surface area contributed by atoms with E-state index in [0.29, 0.717) is 25.6 Å². The summed E-state index contributed by atoms with van der Waals surface area (Å²) in [5.74, 6) is 0.211. The molecule has 1 aliphatic carbocycles. The molecule has 2 aliphatic rings. The fraction of sp³-hybridized carbons (Fsp3) is 0.609. The van der Waals surface area contributed by atoms with Gasteiger partial charge in [-0.25, -0.2) is 4.79 Å². The molecule has 1 heterocycles. The number of amides is 4. The Morgan fingerprint density at radius 1 is 1.00 bits per heavy atom. The summed E-state index contributed by atoms with van der Waals surface area (Å²) in [6, 6.07) is 9.61. The SMILES string of the molecule is C[C@H]1CCCC[C@H]1NC(=O)NC(=O)CN1CCC(C(=O)NCc2ccccc2)CC1. The first-order valence-electron chi connectivity index (χ1n) is 11.2. The highest BCUT2D eigenvalue weighted by molar-refractivity contribution is 5.95. The molecule has 3 rings (SSSR count). The average molecular weight is 415 g/mol. The van der Waals surface area contributed by atoms with Gasteiger partial charge in [0.15, 0.2) is 0 Å². The Bertz CT molecular complexity index is 716. The molecule has 4 amide bonds. The highest BCUT2D eigenvalue weighted by atomic mass is 16.2. The van der Waals surface area contributed by atoms with E-state index in [1.165, 1.54) is 6.42 Å². The lowest BCUT2D eigenvalue weighted by Crippen LogP contribution is -2.50. The maximum atomic E-state index is 12.4. The van der Waals surface area contributed by atoms with E-state index in [-0.39, 0.29) is 30.3 Å². The van der Waals surface area contributed by atoms with Gasteiger partial charge in [0.05, 0.1) is 6.54 Å². The average Bonchev–Trinajstić information content (AvgIpc) is 2.75. The first kappa shape index (κ1) is 22.3. The van der Waals surface area contributed by atoms with E-state index in [9.17, 15) is 14.4 Å². The second-order valence-corrected chi connectivity index (χ2v) is 8.64. The van der Waals surface area contributed by atoms with Crippen molar-refractivity contribution in [1.82, 2.24) is 20.9 Å². The molecule has 0 radical (unpaired) electrons. The van der Waals surface area contributed by atoms with Gasteiger partial charge in [0.2, 0.25) is 11.8 Å². The molecule has 0 spiro atoms. The molecular formula is C23H34N4O3. The van der Waals surface area contributed by atoms with Crippen LogP contribution in [0, 0.1) is 11.8 Å². The van der Waals surface area contributed by atoms with Gasteiger partial charge in [-0.2, -0.15) is 0 Å². The third kappa shape index (κ3) is 6.83. The summed E-state index contributed by atoms with van der Waals surface area (Å²) in [5.41, 5.74) is 1.08. The molecule has 164 valence electrons. The normalized spacial score (nSPS) is 22.8.